The van der Waals surface area contributed by atoms with Crippen molar-refractivity contribution in [3.8, 4) is 5.69 Å². The molecule has 160 valence electrons. The Hall–Kier alpha value is -2.83. The van der Waals surface area contributed by atoms with E-state index in [4.69, 9.17) is 11.6 Å². The number of aromatic nitrogens is 2. The summed E-state index contributed by atoms with van der Waals surface area (Å²) in [5, 5.41) is 6.63. The number of imidazole rings is 1. The molecule has 1 unspecified atom stereocenters. The van der Waals surface area contributed by atoms with E-state index in [1.165, 1.54) is 5.56 Å². The van der Waals surface area contributed by atoms with Gasteiger partial charge in [0.15, 0.2) is 0 Å². The van der Waals surface area contributed by atoms with Crippen molar-refractivity contribution in [3.63, 3.8) is 0 Å². The molecule has 1 aromatic heterocycles. The van der Waals surface area contributed by atoms with Crippen LogP contribution in [0.25, 0.3) is 5.69 Å². The summed E-state index contributed by atoms with van der Waals surface area (Å²) in [7, 11) is 0. The number of carbonyl (C=O) groups is 2. The average molecular weight is 457 g/mol. The van der Waals surface area contributed by atoms with Gasteiger partial charge in [-0.05, 0) is 61.6 Å². The fourth-order valence-corrected chi connectivity index (χ4v) is 4.15. The minimum atomic E-state index is -0.854. The maximum absolute atomic E-state index is 13.1. The number of fused-ring (bicyclic) bond motifs is 3. The first-order chi connectivity index (χ1) is 14.6. The molecule has 2 aromatic carbocycles. The van der Waals surface area contributed by atoms with Crippen LogP contribution in [0.15, 0.2) is 60.9 Å². The highest BCUT2D eigenvalue weighted by molar-refractivity contribution is 6.30. The first kappa shape index (κ1) is 21.4. The number of benzene rings is 2. The Morgan fingerprint density at radius 1 is 1.10 bits per heavy atom. The second kappa shape index (κ2) is 8.36. The lowest BCUT2D eigenvalue weighted by molar-refractivity contribution is -0.124. The smallest absolute Gasteiger partial charge is 0.252 e. The molecular formula is C23H22Cl2N4O2. The molecule has 0 saturated heterocycles. The standard InChI is InChI=1S/C23H21ClN4O2.ClH/c24-17-8-5-16(6-9-17)21(29)27-23(11-12-23)22(30)26-18-10-7-15-3-1-2-4-19(15)28-14-13-25-20(18)28;/h1-6,8-9,13-14,18H,7,10-12H2,(H,26,30)(H,27,29);1H. The second-order valence-corrected chi connectivity index (χ2v) is 8.33. The van der Waals surface area contributed by atoms with Crippen molar-refractivity contribution in [1.29, 1.82) is 0 Å². The van der Waals surface area contributed by atoms with Crippen LogP contribution < -0.4 is 10.6 Å². The Morgan fingerprint density at radius 3 is 2.58 bits per heavy atom. The van der Waals surface area contributed by atoms with Gasteiger partial charge in [-0.2, -0.15) is 0 Å². The normalized spacial score (nSPS) is 17.9. The van der Waals surface area contributed by atoms with Crippen LogP contribution in [-0.4, -0.2) is 26.9 Å². The zero-order valence-corrected chi connectivity index (χ0v) is 18.2. The minimum Gasteiger partial charge on any atom is -0.344 e. The van der Waals surface area contributed by atoms with Crippen molar-refractivity contribution in [2.45, 2.75) is 37.3 Å². The van der Waals surface area contributed by atoms with E-state index in [9.17, 15) is 9.59 Å². The van der Waals surface area contributed by atoms with E-state index < -0.39 is 5.54 Å². The molecule has 5 rings (SSSR count). The molecule has 3 aromatic rings. The Morgan fingerprint density at radius 2 is 1.84 bits per heavy atom. The molecule has 6 nitrogen and oxygen atoms in total. The largest absolute Gasteiger partial charge is 0.344 e. The zero-order valence-electron chi connectivity index (χ0n) is 16.7. The first-order valence-corrected chi connectivity index (χ1v) is 10.4. The van der Waals surface area contributed by atoms with Gasteiger partial charge in [0.25, 0.3) is 5.91 Å². The van der Waals surface area contributed by atoms with Gasteiger partial charge in [0.05, 0.1) is 6.04 Å². The van der Waals surface area contributed by atoms with E-state index in [1.807, 2.05) is 22.9 Å². The molecule has 0 bridgehead atoms. The van der Waals surface area contributed by atoms with Crippen LogP contribution in [0, 0.1) is 0 Å². The van der Waals surface area contributed by atoms with Gasteiger partial charge in [-0.25, -0.2) is 4.98 Å². The molecule has 2 heterocycles. The topological polar surface area (TPSA) is 76.0 Å². The van der Waals surface area contributed by atoms with Gasteiger partial charge >= 0.3 is 0 Å². The summed E-state index contributed by atoms with van der Waals surface area (Å²) in [5.41, 5.74) is 1.95. The molecule has 2 amide bonds. The molecular weight excluding hydrogens is 435 g/mol. The Balaban J connectivity index is 0.00000231. The average Bonchev–Trinajstić information content (AvgIpc) is 3.41. The summed E-state index contributed by atoms with van der Waals surface area (Å²) in [6.07, 6.45) is 6.52. The number of nitrogens with one attached hydrogen (secondary N) is 2. The van der Waals surface area contributed by atoms with E-state index in [1.54, 1.807) is 30.5 Å². The number of para-hydroxylation sites is 1. The van der Waals surface area contributed by atoms with Crippen molar-refractivity contribution in [1.82, 2.24) is 20.2 Å². The number of amides is 2. The van der Waals surface area contributed by atoms with Crippen molar-refractivity contribution in [2.24, 2.45) is 0 Å². The Labute approximate surface area is 191 Å². The number of rotatable bonds is 4. The number of hydrogen-bond donors (Lipinski definition) is 2. The third-order valence-electron chi connectivity index (χ3n) is 5.88. The first-order valence-electron chi connectivity index (χ1n) is 10.1. The fraction of sp³-hybridized carbons (Fsp3) is 0.261. The second-order valence-electron chi connectivity index (χ2n) is 7.89. The van der Waals surface area contributed by atoms with Crippen LogP contribution >= 0.6 is 24.0 Å². The number of carbonyl (C=O) groups excluding carboxylic acids is 2. The van der Waals surface area contributed by atoms with Gasteiger partial charge in [-0.1, -0.05) is 29.8 Å². The molecule has 1 aliphatic heterocycles. The minimum absolute atomic E-state index is 0. The van der Waals surface area contributed by atoms with E-state index in [0.717, 1.165) is 24.4 Å². The summed E-state index contributed by atoms with van der Waals surface area (Å²) in [4.78, 5) is 30.3. The summed E-state index contributed by atoms with van der Waals surface area (Å²) in [6.45, 7) is 0. The predicted octanol–water partition coefficient (Wildman–Crippen LogP) is 4.01. The van der Waals surface area contributed by atoms with Crippen molar-refractivity contribution < 1.29 is 9.59 Å². The Bertz CT molecular complexity index is 1120. The van der Waals surface area contributed by atoms with Crippen LogP contribution in [0.3, 0.4) is 0 Å². The highest BCUT2D eigenvalue weighted by atomic mass is 35.5. The molecule has 0 radical (unpaired) electrons. The van der Waals surface area contributed by atoms with Crippen molar-refractivity contribution in [3.05, 3.63) is 82.9 Å². The third kappa shape index (κ3) is 4.05. The summed E-state index contributed by atoms with van der Waals surface area (Å²) in [6, 6.07) is 14.6. The lowest BCUT2D eigenvalue weighted by Gasteiger charge is -2.22. The quantitative estimate of drug-likeness (QED) is 0.622. The number of hydrogen-bond acceptors (Lipinski definition) is 3. The number of nitrogens with zero attached hydrogens (tertiary/aromatic N) is 2. The highest BCUT2D eigenvalue weighted by Gasteiger charge is 2.52. The fourth-order valence-electron chi connectivity index (χ4n) is 4.02. The zero-order chi connectivity index (χ0) is 20.7. The highest BCUT2D eigenvalue weighted by Crippen LogP contribution is 2.37. The molecule has 1 saturated carbocycles. The number of aryl methyl sites for hydroxylation is 1. The van der Waals surface area contributed by atoms with Gasteiger partial charge in [0, 0.05) is 28.7 Å². The van der Waals surface area contributed by atoms with Crippen LogP contribution in [-0.2, 0) is 11.2 Å². The summed E-state index contributed by atoms with van der Waals surface area (Å²) in [5.74, 6) is 0.387. The van der Waals surface area contributed by atoms with Crippen LogP contribution in [0.5, 0.6) is 0 Å². The number of halogens is 2. The van der Waals surface area contributed by atoms with E-state index in [2.05, 4.69) is 27.8 Å². The van der Waals surface area contributed by atoms with Crippen LogP contribution in [0.4, 0.5) is 0 Å². The summed E-state index contributed by atoms with van der Waals surface area (Å²) >= 11 is 5.90. The monoisotopic (exact) mass is 456 g/mol. The summed E-state index contributed by atoms with van der Waals surface area (Å²) < 4.78 is 2.04. The van der Waals surface area contributed by atoms with Crippen molar-refractivity contribution >= 4 is 35.8 Å². The predicted molar refractivity (Wildman–Crippen MR) is 121 cm³/mol. The molecule has 1 aliphatic carbocycles. The molecule has 2 aliphatic rings. The lowest BCUT2D eigenvalue weighted by Crippen LogP contribution is -2.50. The van der Waals surface area contributed by atoms with Gasteiger partial charge in [-0.3, -0.25) is 9.59 Å². The molecule has 1 atom stereocenters. The molecule has 2 N–H and O–H groups in total. The van der Waals surface area contributed by atoms with Crippen LogP contribution in [0.2, 0.25) is 5.02 Å². The van der Waals surface area contributed by atoms with Crippen LogP contribution in [0.1, 0.15) is 47.1 Å². The maximum Gasteiger partial charge on any atom is 0.252 e. The van der Waals surface area contributed by atoms with E-state index >= 15 is 0 Å². The maximum atomic E-state index is 13.1. The molecule has 0 spiro atoms. The third-order valence-corrected chi connectivity index (χ3v) is 6.14. The molecule has 1 fully saturated rings. The lowest BCUT2D eigenvalue weighted by atomic mass is 10.0. The Kier molecular flexibility index (Phi) is 5.77. The van der Waals surface area contributed by atoms with Gasteiger partial charge in [-0.15, -0.1) is 12.4 Å². The van der Waals surface area contributed by atoms with Gasteiger partial charge in [0.2, 0.25) is 5.91 Å². The van der Waals surface area contributed by atoms with E-state index in [-0.39, 0.29) is 30.3 Å². The SMILES string of the molecule is Cl.O=C(NC1(C(=O)NC2CCc3ccccc3-n3ccnc32)CC1)c1ccc(Cl)cc1. The van der Waals surface area contributed by atoms with Gasteiger partial charge in [0.1, 0.15) is 11.4 Å². The van der Waals surface area contributed by atoms with Crippen molar-refractivity contribution in [2.75, 3.05) is 0 Å². The van der Waals surface area contributed by atoms with Gasteiger partial charge < -0.3 is 15.2 Å². The van der Waals surface area contributed by atoms with E-state index in [0.29, 0.717) is 23.4 Å². The molecule has 31 heavy (non-hydrogen) atoms. The molecule has 8 heteroatoms.